The van der Waals surface area contributed by atoms with Gasteiger partial charge in [0, 0.05) is 55.8 Å². The number of furan rings is 1. The smallest absolute Gasteiger partial charge is 0.374 e. The number of nitrogens with zero attached hydrogens (tertiary/aromatic N) is 3. The van der Waals surface area contributed by atoms with Gasteiger partial charge in [-0.15, -0.1) is 0 Å². The van der Waals surface area contributed by atoms with E-state index in [2.05, 4.69) is 4.90 Å². The van der Waals surface area contributed by atoms with Crippen molar-refractivity contribution in [1.82, 2.24) is 9.21 Å². The van der Waals surface area contributed by atoms with E-state index in [1.807, 2.05) is 18.2 Å². The highest BCUT2D eigenvalue weighted by Crippen LogP contribution is 2.29. The second kappa shape index (κ2) is 9.30. The first kappa shape index (κ1) is 22.9. The molecule has 1 aliphatic rings. The van der Waals surface area contributed by atoms with Crippen LogP contribution in [0.4, 0.5) is 5.69 Å². The van der Waals surface area contributed by atoms with Gasteiger partial charge in [-0.3, -0.25) is 15.0 Å². The molecule has 0 amide bonds. The number of fused-ring (bicyclic) bond motifs is 1. The van der Waals surface area contributed by atoms with Crippen LogP contribution >= 0.6 is 0 Å². The number of carbonyl (C=O) groups excluding carboxylic acids is 1. The monoisotopic (exact) mass is 473 g/mol. The Balaban J connectivity index is 1.49. The highest BCUT2D eigenvalue weighted by Gasteiger charge is 2.30. The molecule has 0 spiro atoms. The third-order valence-corrected chi connectivity index (χ3v) is 7.47. The number of carbonyl (C=O) groups is 1. The van der Waals surface area contributed by atoms with E-state index in [1.165, 1.54) is 28.6 Å². The molecular weight excluding hydrogens is 450 g/mol. The maximum absolute atomic E-state index is 12.9. The summed E-state index contributed by atoms with van der Waals surface area (Å²) in [6.07, 6.45) is 0. The van der Waals surface area contributed by atoms with Crippen molar-refractivity contribution in [1.29, 1.82) is 0 Å². The molecule has 33 heavy (non-hydrogen) atoms. The van der Waals surface area contributed by atoms with E-state index < -0.39 is 20.9 Å². The van der Waals surface area contributed by atoms with Crippen molar-refractivity contribution >= 4 is 32.6 Å². The zero-order valence-electron chi connectivity index (χ0n) is 18.0. The first-order chi connectivity index (χ1) is 15.8. The first-order valence-electron chi connectivity index (χ1n) is 10.5. The summed E-state index contributed by atoms with van der Waals surface area (Å²) in [7, 11) is -3.76. The lowest BCUT2D eigenvalue weighted by Gasteiger charge is -2.33. The number of hydrogen-bond donors (Lipinski definition) is 0. The Morgan fingerprint density at radius 2 is 1.76 bits per heavy atom. The molecule has 2 heterocycles. The number of ether oxygens (including phenoxy) is 1. The van der Waals surface area contributed by atoms with Crippen molar-refractivity contribution in [2.45, 2.75) is 18.4 Å². The molecule has 0 N–H and O–H groups in total. The number of non-ortho nitro benzene ring substituents is 1. The molecule has 0 radical (unpaired) electrons. The number of sulfonamides is 1. The van der Waals surface area contributed by atoms with Crippen LogP contribution in [-0.4, -0.2) is 61.3 Å². The normalized spacial score (nSPS) is 15.5. The van der Waals surface area contributed by atoms with Crippen LogP contribution in [0.1, 0.15) is 23.0 Å². The van der Waals surface area contributed by atoms with Gasteiger partial charge in [0.05, 0.1) is 16.4 Å². The summed E-state index contributed by atoms with van der Waals surface area (Å²) in [6.45, 7) is 3.78. The number of para-hydroxylation sites is 1. The third-order valence-electron chi connectivity index (χ3n) is 5.56. The van der Waals surface area contributed by atoms with Gasteiger partial charge >= 0.3 is 5.97 Å². The Morgan fingerprint density at radius 1 is 1.09 bits per heavy atom. The van der Waals surface area contributed by atoms with Gasteiger partial charge in [-0.25, -0.2) is 13.2 Å². The van der Waals surface area contributed by atoms with Gasteiger partial charge < -0.3 is 9.15 Å². The second-order valence-corrected chi connectivity index (χ2v) is 9.50. The minimum atomic E-state index is -3.76. The molecule has 0 unspecified atom stereocenters. The average molecular weight is 474 g/mol. The van der Waals surface area contributed by atoms with E-state index in [0.717, 1.165) is 10.9 Å². The molecule has 4 rings (SSSR count). The lowest BCUT2D eigenvalue weighted by molar-refractivity contribution is -0.384. The number of rotatable bonds is 7. The Hall–Kier alpha value is -3.28. The summed E-state index contributed by atoms with van der Waals surface area (Å²) in [5.41, 5.74) is 1.15. The number of benzene rings is 2. The molecule has 1 aromatic heterocycles. The van der Waals surface area contributed by atoms with E-state index >= 15 is 0 Å². The largest absolute Gasteiger partial charge is 0.460 e. The minimum absolute atomic E-state index is 0.0203. The van der Waals surface area contributed by atoms with Crippen molar-refractivity contribution in [3.05, 3.63) is 70.0 Å². The predicted octanol–water partition coefficient (Wildman–Crippen LogP) is 3.02. The molecule has 10 nitrogen and oxygen atoms in total. The van der Waals surface area contributed by atoms with Crippen LogP contribution in [-0.2, 0) is 21.3 Å². The second-order valence-electron chi connectivity index (χ2n) is 7.56. The van der Waals surface area contributed by atoms with Gasteiger partial charge in [0.2, 0.25) is 15.8 Å². The van der Waals surface area contributed by atoms with Gasteiger partial charge in [-0.1, -0.05) is 18.2 Å². The first-order valence-corrected chi connectivity index (χ1v) is 11.9. The molecule has 11 heteroatoms. The molecule has 0 saturated carbocycles. The number of nitro groups is 1. The molecule has 2 aromatic carbocycles. The molecule has 1 saturated heterocycles. The molecule has 0 aliphatic carbocycles. The molecule has 0 atom stereocenters. The van der Waals surface area contributed by atoms with Crippen LogP contribution in [0.2, 0.25) is 0 Å². The van der Waals surface area contributed by atoms with Crippen LogP contribution in [0.15, 0.2) is 57.8 Å². The number of hydrogen-bond acceptors (Lipinski definition) is 8. The fraction of sp³-hybridized carbons (Fsp3) is 0.318. The summed E-state index contributed by atoms with van der Waals surface area (Å²) < 4.78 is 38.2. The van der Waals surface area contributed by atoms with Crippen LogP contribution in [0.3, 0.4) is 0 Å². The highest BCUT2D eigenvalue weighted by atomic mass is 32.2. The van der Waals surface area contributed by atoms with E-state index in [1.54, 1.807) is 13.0 Å². The average Bonchev–Trinajstić information content (AvgIpc) is 3.18. The predicted molar refractivity (Wildman–Crippen MR) is 119 cm³/mol. The van der Waals surface area contributed by atoms with Crippen LogP contribution in [0.5, 0.6) is 0 Å². The minimum Gasteiger partial charge on any atom is -0.460 e. The summed E-state index contributed by atoms with van der Waals surface area (Å²) >= 11 is 0. The van der Waals surface area contributed by atoms with Gasteiger partial charge in [-0.2, -0.15) is 4.31 Å². The zero-order valence-corrected chi connectivity index (χ0v) is 18.8. The highest BCUT2D eigenvalue weighted by molar-refractivity contribution is 7.89. The van der Waals surface area contributed by atoms with Crippen LogP contribution in [0, 0.1) is 10.1 Å². The zero-order chi connectivity index (χ0) is 23.6. The van der Waals surface area contributed by atoms with Crippen molar-refractivity contribution in [3.63, 3.8) is 0 Å². The Morgan fingerprint density at radius 3 is 2.39 bits per heavy atom. The van der Waals surface area contributed by atoms with Gasteiger partial charge in [0.25, 0.3) is 5.69 Å². The number of nitro benzene ring substituents is 1. The van der Waals surface area contributed by atoms with Gasteiger partial charge in [-0.05, 0) is 25.1 Å². The summed E-state index contributed by atoms with van der Waals surface area (Å²) in [5.74, 6) is -0.359. The van der Waals surface area contributed by atoms with Gasteiger partial charge in [0.1, 0.15) is 5.58 Å². The Bertz CT molecular complexity index is 1280. The van der Waals surface area contributed by atoms with Crippen LogP contribution < -0.4 is 0 Å². The SMILES string of the molecule is CCOC(=O)c1oc2ccccc2c1CN1CCN(S(=O)(=O)c2ccc([N+](=O)[O-])cc2)CC1. The van der Waals surface area contributed by atoms with E-state index in [-0.39, 0.29) is 36.0 Å². The molecule has 0 bridgehead atoms. The standard InChI is InChI=1S/C22H23N3O7S/c1-2-31-22(26)21-19(18-5-3-4-6-20(18)32-21)15-23-11-13-24(14-12-23)33(29,30)17-9-7-16(8-10-17)25(27)28/h3-10H,2,11-15H2,1H3. The maximum Gasteiger partial charge on any atom is 0.374 e. The topological polar surface area (TPSA) is 123 Å². The van der Waals surface area contributed by atoms with Gasteiger partial charge in [0.15, 0.2) is 0 Å². The Kier molecular flexibility index (Phi) is 6.45. The van der Waals surface area contributed by atoms with Crippen molar-refractivity contribution in [2.24, 2.45) is 0 Å². The molecular formula is C22H23N3O7S. The molecule has 3 aromatic rings. The lowest BCUT2D eigenvalue weighted by atomic mass is 10.1. The summed E-state index contributed by atoms with van der Waals surface area (Å²) in [6, 6.07) is 12.2. The molecule has 1 fully saturated rings. The third kappa shape index (κ3) is 4.61. The summed E-state index contributed by atoms with van der Waals surface area (Å²) in [5, 5.41) is 11.6. The number of piperazine rings is 1. The molecule has 174 valence electrons. The summed E-state index contributed by atoms with van der Waals surface area (Å²) in [4.78, 5) is 24.7. The maximum atomic E-state index is 12.9. The quantitative estimate of drug-likeness (QED) is 0.291. The number of esters is 1. The van der Waals surface area contributed by atoms with Crippen molar-refractivity contribution in [3.8, 4) is 0 Å². The van der Waals surface area contributed by atoms with Crippen molar-refractivity contribution < 1.29 is 27.3 Å². The van der Waals surface area contributed by atoms with E-state index in [9.17, 15) is 23.3 Å². The van der Waals surface area contributed by atoms with Crippen molar-refractivity contribution in [2.75, 3.05) is 32.8 Å². The fourth-order valence-electron chi connectivity index (χ4n) is 3.86. The van der Waals surface area contributed by atoms with Crippen LogP contribution in [0.25, 0.3) is 11.0 Å². The lowest BCUT2D eigenvalue weighted by Crippen LogP contribution is -2.48. The van der Waals surface area contributed by atoms with E-state index in [0.29, 0.717) is 25.2 Å². The molecule has 1 aliphatic heterocycles. The van der Waals surface area contributed by atoms with E-state index in [4.69, 9.17) is 9.15 Å². The fourth-order valence-corrected chi connectivity index (χ4v) is 5.28. The Labute approximate surface area is 190 Å².